The Hall–Kier alpha value is -0.890. The summed E-state index contributed by atoms with van der Waals surface area (Å²) in [6.45, 7) is 9.46. The van der Waals surface area contributed by atoms with E-state index < -0.39 is 0 Å². The average molecular weight is 448 g/mol. The van der Waals surface area contributed by atoms with E-state index in [-0.39, 0.29) is 29.8 Å². The fourth-order valence-corrected chi connectivity index (χ4v) is 2.76. The smallest absolute Gasteiger partial charge is 0.191 e. The zero-order valence-corrected chi connectivity index (χ0v) is 17.1. The van der Waals surface area contributed by atoms with Crippen LogP contribution in [0.4, 0.5) is 4.39 Å². The second-order valence-electron chi connectivity index (χ2n) is 6.11. The number of nitrogens with one attached hydrogen (secondary N) is 2. The van der Waals surface area contributed by atoms with Crippen molar-refractivity contribution in [1.82, 2.24) is 15.5 Å². The molecule has 0 saturated carbocycles. The summed E-state index contributed by atoms with van der Waals surface area (Å²) >= 11 is 0. The maximum Gasteiger partial charge on any atom is 0.191 e. The van der Waals surface area contributed by atoms with Gasteiger partial charge >= 0.3 is 0 Å². The molecule has 6 heteroatoms. The van der Waals surface area contributed by atoms with Crippen LogP contribution in [0.5, 0.6) is 0 Å². The quantitative estimate of drug-likeness (QED) is 0.399. The van der Waals surface area contributed by atoms with Gasteiger partial charge in [0.2, 0.25) is 0 Å². The van der Waals surface area contributed by atoms with E-state index in [9.17, 15) is 4.39 Å². The minimum Gasteiger partial charge on any atom is -0.357 e. The average Bonchev–Trinajstić information content (AvgIpc) is 2.56. The van der Waals surface area contributed by atoms with Gasteiger partial charge in [-0.25, -0.2) is 9.38 Å². The van der Waals surface area contributed by atoms with Gasteiger partial charge in [-0.3, -0.25) is 0 Å². The summed E-state index contributed by atoms with van der Waals surface area (Å²) in [4.78, 5) is 7.04. The molecule has 1 saturated heterocycles. The van der Waals surface area contributed by atoms with E-state index in [1.165, 1.54) is 32.4 Å². The molecule has 0 radical (unpaired) electrons. The van der Waals surface area contributed by atoms with E-state index in [4.69, 9.17) is 0 Å². The molecule has 1 aromatic rings. The standard InChI is InChI=1S/C18H29FN4.HI/c1-3-20-18(21-9-12-23-10-5-4-6-11-23)22-14-16-8-7-15(2)17(19)13-16;/h7-8,13H,3-6,9-12,14H2,1-2H3,(H2,20,21,22);1H. The zero-order valence-electron chi connectivity index (χ0n) is 14.8. The number of aliphatic imine (C=N–C) groups is 1. The lowest BCUT2D eigenvalue weighted by Gasteiger charge is -2.26. The lowest BCUT2D eigenvalue weighted by Crippen LogP contribution is -2.42. The second kappa shape index (κ2) is 11.6. The molecule has 0 atom stereocenters. The first kappa shape index (κ1) is 21.2. The molecule has 1 aromatic carbocycles. The Morgan fingerprint density at radius 3 is 2.62 bits per heavy atom. The van der Waals surface area contributed by atoms with E-state index in [1.807, 2.05) is 13.0 Å². The van der Waals surface area contributed by atoms with Crippen molar-refractivity contribution in [3.05, 3.63) is 35.1 Å². The number of aryl methyl sites for hydroxylation is 1. The number of piperidine rings is 1. The van der Waals surface area contributed by atoms with Crippen LogP contribution in [0, 0.1) is 12.7 Å². The highest BCUT2D eigenvalue weighted by Crippen LogP contribution is 2.10. The first-order valence-electron chi connectivity index (χ1n) is 8.68. The number of likely N-dealkylation sites (tertiary alicyclic amines) is 1. The van der Waals surface area contributed by atoms with Gasteiger partial charge in [0.1, 0.15) is 5.82 Å². The van der Waals surface area contributed by atoms with Gasteiger partial charge in [-0.1, -0.05) is 18.6 Å². The predicted octanol–water partition coefficient (Wildman–Crippen LogP) is 3.29. The molecule has 24 heavy (non-hydrogen) atoms. The molecule has 4 nitrogen and oxygen atoms in total. The van der Waals surface area contributed by atoms with Crippen LogP contribution in [0.15, 0.2) is 23.2 Å². The van der Waals surface area contributed by atoms with Gasteiger partial charge in [0, 0.05) is 19.6 Å². The third-order valence-corrected chi connectivity index (χ3v) is 4.17. The van der Waals surface area contributed by atoms with Crippen LogP contribution in [-0.2, 0) is 6.54 Å². The summed E-state index contributed by atoms with van der Waals surface area (Å²) in [6, 6.07) is 5.30. The lowest BCUT2D eigenvalue weighted by molar-refractivity contribution is 0.232. The van der Waals surface area contributed by atoms with Gasteiger partial charge in [0.05, 0.1) is 6.54 Å². The topological polar surface area (TPSA) is 39.7 Å². The van der Waals surface area contributed by atoms with Crippen LogP contribution < -0.4 is 10.6 Å². The van der Waals surface area contributed by atoms with Crippen LogP contribution in [0.2, 0.25) is 0 Å². The minimum atomic E-state index is -0.166. The van der Waals surface area contributed by atoms with E-state index in [2.05, 4.69) is 20.5 Å². The van der Waals surface area contributed by atoms with Gasteiger partial charge in [-0.05, 0) is 57.0 Å². The van der Waals surface area contributed by atoms with Crippen LogP contribution in [-0.4, -0.2) is 43.6 Å². The summed E-state index contributed by atoms with van der Waals surface area (Å²) in [7, 11) is 0. The molecular formula is C18H30FIN4. The van der Waals surface area contributed by atoms with Crippen molar-refractivity contribution >= 4 is 29.9 Å². The molecule has 0 spiro atoms. The fraction of sp³-hybridized carbons (Fsp3) is 0.611. The number of hydrogen-bond donors (Lipinski definition) is 2. The highest BCUT2D eigenvalue weighted by molar-refractivity contribution is 14.0. The minimum absolute atomic E-state index is 0. The monoisotopic (exact) mass is 448 g/mol. The summed E-state index contributed by atoms with van der Waals surface area (Å²) in [6.07, 6.45) is 3.99. The fourth-order valence-electron chi connectivity index (χ4n) is 2.76. The van der Waals surface area contributed by atoms with Crippen LogP contribution in [0.25, 0.3) is 0 Å². The summed E-state index contributed by atoms with van der Waals surface area (Å²) in [5.41, 5.74) is 1.56. The molecule has 1 aliphatic heterocycles. The number of halogens is 2. The normalized spacial score (nSPS) is 15.7. The molecule has 0 amide bonds. The van der Waals surface area contributed by atoms with Crippen molar-refractivity contribution in [2.24, 2.45) is 4.99 Å². The number of nitrogens with zero attached hydrogens (tertiary/aromatic N) is 2. The molecule has 2 rings (SSSR count). The van der Waals surface area contributed by atoms with E-state index >= 15 is 0 Å². The summed E-state index contributed by atoms with van der Waals surface area (Å²) in [5, 5.41) is 6.61. The first-order chi connectivity index (χ1) is 11.2. The Balaban J connectivity index is 0.00000288. The Bertz CT molecular complexity index is 516. The van der Waals surface area contributed by atoms with Crippen molar-refractivity contribution in [2.45, 2.75) is 39.7 Å². The van der Waals surface area contributed by atoms with E-state index in [1.54, 1.807) is 19.1 Å². The van der Waals surface area contributed by atoms with Gasteiger partial charge in [0.15, 0.2) is 5.96 Å². The Kier molecular flexibility index (Phi) is 10.2. The SMILES string of the molecule is CCNC(=NCc1ccc(C)c(F)c1)NCCN1CCCCC1.I. The maximum atomic E-state index is 13.6. The van der Waals surface area contributed by atoms with Crippen LogP contribution in [0.1, 0.15) is 37.3 Å². The van der Waals surface area contributed by atoms with Crippen molar-refractivity contribution in [3.8, 4) is 0 Å². The zero-order chi connectivity index (χ0) is 16.5. The van der Waals surface area contributed by atoms with Crippen molar-refractivity contribution in [3.63, 3.8) is 0 Å². The highest BCUT2D eigenvalue weighted by Gasteiger charge is 2.09. The lowest BCUT2D eigenvalue weighted by atomic mass is 10.1. The Morgan fingerprint density at radius 2 is 1.96 bits per heavy atom. The molecule has 1 heterocycles. The molecule has 0 aromatic heterocycles. The Morgan fingerprint density at radius 1 is 1.21 bits per heavy atom. The van der Waals surface area contributed by atoms with Crippen LogP contribution in [0.3, 0.4) is 0 Å². The van der Waals surface area contributed by atoms with Crippen molar-refractivity contribution in [1.29, 1.82) is 0 Å². The number of hydrogen-bond acceptors (Lipinski definition) is 2. The molecule has 1 fully saturated rings. The van der Waals surface area contributed by atoms with Gasteiger partial charge in [-0.15, -0.1) is 24.0 Å². The summed E-state index contributed by atoms with van der Waals surface area (Å²) in [5.74, 6) is 0.631. The highest BCUT2D eigenvalue weighted by atomic mass is 127. The van der Waals surface area contributed by atoms with E-state index in [0.29, 0.717) is 12.1 Å². The first-order valence-corrected chi connectivity index (χ1v) is 8.68. The van der Waals surface area contributed by atoms with Crippen molar-refractivity contribution in [2.75, 3.05) is 32.7 Å². The molecule has 0 bridgehead atoms. The van der Waals surface area contributed by atoms with E-state index in [0.717, 1.165) is 31.2 Å². The molecule has 1 aliphatic rings. The largest absolute Gasteiger partial charge is 0.357 e. The van der Waals surface area contributed by atoms with Crippen molar-refractivity contribution < 1.29 is 4.39 Å². The molecule has 136 valence electrons. The number of rotatable bonds is 6. The maximum absolute atomic E-state index is 13.6. The molecular weight excluding hydrogens is 418 g/mol. The van der Waals surface area contributed by atoms with Gasteiger partial charge < -0.3 is 15.5 Å². The molecule has 0 unspecified atom stereocenters. The predicted molar refractivity (Wildman–Crippen MR) is 110 cm³/mol. The third kappa shape index (κ3) is 7.34. The van der Waals surface area contributed by atoms with Gasteiger partial charge in [-0.2, -0.15) is 0 Å². The molecule has 2 N–H and O–H groups in total. The number of benzene rings is 1. The van der Waals surface area contributed by atoms with Crippen LogP contribution >= 0.6 is 24.0 Å². The van der Waals surface area contributed by atoms with Gasteiger partial charge in [0.25, 0.3) is 0 Å². The molecule has 0 aliphatic carbocycles. The number of guanidine groups is 1. The third-order valence-electron chi connectivity index (χ3n) is 4.17. The summed E-state index contributed by atoms with van der Waals surface area (Å²) < 4.78 is 13.6. The second-order valence-corrected chi connectivity index (χ2v) is 6.11. The Labute approximate surface area is 162 Å².